The van der Waals surface area contributed by atoms with Crippen LogP contribution in [0.2, 0.25) is 0 Å². The zero-order valence-corrected chi connectivity index (χ0v) is 8.26. The number of benzene rings is 1. The molecule has 0 bridgehead atoms. The van der Waals surface area contributed by atoms with Gasteiger partial charge < -0.3 is 5.11 Å². The molecule has 1 N–H and O–H groups in total. The summed E-state index contributed by atoms with van der Waals surface area (Å²) in [6.45, 7) is 5.27. The van der Waals surface area contributed by atoms with Crippen molar-refractivity contribution in [3.05, 3.63) is 35.1 Å². The Balaban J connectivity index is 3.10. The number of aliphatic hydroxyl groups is 1. The molecule has 1 atom stereocenters. The third kappa shape index (κ3) is 2.07. The largest absolute Gasteiger partial charge is 0.385 e. The molecule has 0 saturated heterocycles. The Morgan fingerprint density at radius 2 is 2.08 bits per heavy atom. The molecular weight excluding hydrogens is 167 g/mol. The third-order valence-corrected chi connectivity index (χ3v) is 2.48. The lowest BCUT2D eigenvalue weighted by Gasteiger charge is -2.22. The van der Waals surface area contributed by atoms with Crippen LogP contribution < -0.4 is 0 Å². The van der Waals surface area contributed by atoms with E-state index in [9.17, 15) is 9.50 Å². The summed E-state index contributed by atoms with van der Waals surface area (Å²) in [6, 6.07) is 4.86. The van der Waals surface area contributed by atoms with Gasteiger partial charge in [0.05, 0.1) is 5.60 Å². The summed E-state index contributed by atoms with van der Waals surface area (Å²) >= 11 is 0. The molecule has 13 heavy (non-hydrogen) atoms. The molecular formula is C11H15FO. The highest BCUT2D eigenvalue weighted by Gasteiger charge is 2.20. The van der Waals surface area contributed by atoms with Crippen molar-refractivity contribution in [2.75, 3.05) is 0 Å². The Morgan fingerprint density at radius 1 is 1.46 bits per heavy atom. The molecule has 1 aromatic rings. The topological polar surface area (TPSA) is 20.2 Å². The molecule has 0 heterocycles. The van der Waals surface area contributed by atoms with Gasteiger partial charge in [-0.05, 0) is 37.5 Å². The lowest BCUT2D eigenvalue weighted by atomic mass is 9.93. The van der Waals surface area contributed by atoms with Crippen LogP contribution in [0, 0.1) is 12.7 Å². The predicted octanol–water partition coefficient (Wildman–Crippen LogP) is 2.75. The Kier molecular flexibility index (Phi) is 2.71. The van der Waals surface area contributed by atoms with Crippen molar-refractivity contribution >= 4 is 0 Å². The SMILES string of the molecule is CC[C@](C)(O)c1ccc(C)c(F)c1. The second-order valence-corrected chi connectivity index (χ2v) is 3.59. The van der Waals surface area contributed by atoms with Gasteiger partial charge in [-0.3, -0.25) is 0 Å². The molecule has 0 spiro atoms. The van der Waals surface area contributed by atoms with E-state index in [1.54, 1.807) is 26.0 Å². The summed E-state index contributed by atoms with van der Waals surface area (Å²) in [7, 11) is 0. The van der Waals surface area contributed by atoms with Crippen molar-refractivity contribution < 1.29 is 9.50 Å². The van der Waals surface area contributed by atoms with Crippen LogP contribution in [0.25, 0.3) is 0 Å². The number of rotatable bonds is 2. The van der Waals surface area contributed by atoms with Crippen molar-refractivity contribution in [2.24, 2.45) is 0 Å². The van der Waals surface area contributed by atoms with Gasteiger partial charge in [-0.25, -0.2) is 4.39 Å². The van der Waals surface area contributed by atoms with E-state index in [1.165, 1.54) is 6.07 Å². The molecule has 0 aliphatic carbocycles. The standard InChI is InChI=1S/C11H15FO/c1-4-11(3,13)9-6-5-8(2)10(12)7-9/h5-7,13H,4H2,1-3H3/t11-/m0/s1. The second-order valence-electron chi connectivity index (χ2n) is 3.59. The van der Waals surface area contributed by atoms with Crippen LogP contribution in [0.3, 0.4) is 0 Å². The molecule has 0 aromatic heterocycles. The van der Waals surface area contributed by atoms with Crippen molar-refractivity contribution in [1.29, 1.82) is 0 Å². The van der Waals surface area contributed by atoms with E-state index in [0.717, 1.165) is 0 Å². The second kappa shape index (κ2) is 3.46. The fourth-order valence-electron chi connectivity index (χ4n) is 1.13. The van der Waals surface area contributed by atoms with Gasteiger partial charge in [0, 0.05) is 0 Å². The number of halogens is 1. The first kappa shape index (κ1) is 10.2. The van der Waals surface area contributed by atoms with Gasteiger partial charge in [0.1, 0.15) is 5.82 Å². The van der Waals surface area contributed by atoms with Crippen molar-refractivity contribution in [1.82, 2.24) is 0 Å². The smallest absolute Gasteiger partial charge is 0.126 e. The van der Waals surface area contributed by atoms with Crippen molar-refractivity contribution in [3.8, 4) is 0 Å². The Labute approximate surface area is 78.2 Å². The van der Waals surface area contributed by atoms with Crippen molar-refractivity contribution in [3.63, 3.8) is 0 Å². The van der Waals surface area contributed by atoms with E-state index >= 15 is 0 Å². The lowest BCUT2D eigenvalue weighted by Crippen LogP contribution is -2.19. The minimum absolute atomic E-state index is 0.258. The summed E-state index contributed by atoms with van der Waals surface area (Å²) < 4.78 is 13.1. The maximum absolute atomic E-state index is 13.1. The Bertz CT molecular complexity index is 305. The van der Waals surface area contributed by atoms with E-state index in [4.69, 9.17) is 0 Å². The van der Waals surface area contributed by atoms with Crippen LogP contribution in [0.1, 0.15) is 31.4 Å². The molecule has 2 heteroatoms. The molecule has 1 rings (SSSR count). The molecule has 0 unspecified atom stereocenters. The van der Waals surface area contributed by atoms with Crippen LogP contribution in [0.15, 0.2) is 18.2 Å². The van der Waals surface area contributed by atoms with Gasteiger partial charge in [0.25, 0.3) is 0 Å². The van der Waals surface area contributed by atoms with Gasteiger partial charge in [0.2, 0.25) is 0 Å². The number of aryl methyl sites for hydroxylation is 1. The lowest BCUT2D eigenvalue weighted by molar-refractivity contribution is 0.0527. The highest BCUT2D eigenvalue weighted by Crippen LogP contribution is 2.25. The Morgan fingerprint density at radius 3 is 2.54 bits per heavy atom. The number of hydrogen-bond acceptors (Lipinski definition) is 1. The highest BCUT2D eigenvalue weighted by molar-refractivity contribution is 5.27. The van der Waals surface area contributed by atoms with Gasteiger partial charge in [-0.2, -0.15) is 0 Å². The first-order valence-corrected chi connectivity index (χ1v) is 4.46. The average molecular weight is 182 g/mol. The molecule has 72 valence electrons. The van der Waals surface area contributed by atoms with E-state index in [1.807, 2.05) is 6.92 Å². The monoisotopic (exact) mass is 182 g/mol. The zero-order chi connectivity index (χ0) is 10.1. The molecule has 1 nitrogen and oxygen atoms in total. The maximum atomic E-state index is 13.1. The average Bonchev–Trinajstić information content (AvgIpc) is 2.09. The molecule has 0 fully saturated rings. The van der Waals surface area contributed by atoms with Gasteiger partial charge in [0.15, 0.2) is 0 Å². The van der Waals surface area contributed by atoms with Crippen molar-refractivity contribution in [2.45, 2.75) is 32.8 Å². The number of hydrogen-bond donors (Lipinski definition) is 1. The molecule has 0 aliphatic rings. The molecule has 0 amide bonds. The summed E-state index contributed by atoms with van der Waals surface area (Å²) in [6.07, 6.45) is 0.579. The fourth-order valence-corrected chi connectivity index (χ4v) is 1.13. The van der Waals surface area contributed by atoms with Crippen LogP contribution >= 0.6 is 0 Å². The zero-order valence-electron chi connectivity index (χ0n) is 8.26. The molecule has 1 aromatic carbocycles. The summed E-state index contributed by atoms with van der Waals surface area (Å²) in [5.41, 5.74) is 0.322. The third-order valence-electron chi connectivity index (χ3n) is 2.48. The molecule has 0 radical (unpaired) electrons. The van der Waals surface area contributed by atoms with Gasteiger partial charge >= 0.3 is 0 Å². The summed E-state index contributed by atoms with van der Waals surface area (Å²) in [5, 5.41) is 9.84. The van der Waals surface area contributed by atoms with Gasteiger partial charge in [-0.15, -0.1) is 0 Å². The summed E-state index contributed by atoms with van der Waals surface area (Å²) in [4.78, 5) is 0. The predicted molar refractivity (Wildman–Crippen MR) is 51.0 cm³/mol. The Hall–Kier alpha value is -0.890. The maximum Gasteiger partial charge on any atom is 0.126 e. The van der Waals surface area contributed by atoms with Crippen LogP contribution in [0.4, 0.5) is 4.39 Å². The van der Waals surface area contributed by atoms with Gasteiger partial charge in [-0.1, -0.05) is 19.1 Å². The minimum Gasteiger partial charge on any atom is -0.385 e. The fraction of sp³-hybridized carbons (Fsp3) is 0.455. The van der Waals surface area contributed by atoms with E-state index in [0.29, 0.717) is 17.5 Å². The van der Waals surface area contributed by atoms with Crippen LogP contribution in [-0.2, 0) is 5.60 Å². The van der Waals surface area contributed by atoms with E-state index in [-0.39, 0.29) is 5.82 Å². The molecule has 0 aliphatic heterocycles. The summed E-state index contributed by atoms with van der Waals surface area (Å²) in [5.74, 6) is -0.258. The first-order valence-electron chi connectivity index (χ1n) is 4.46. The molecule has 0 saturated carbocycles. The quantitative estimate of drug-likeness (QED) is 0.745. The highest BCUT2D eigenvalue weighted by atomic mass is 19.1. The van der Waals surface area contributed by atoms with E-state index < -0.39 is 5.60 Å². The van der Waals surface area contributed by atoms with Crippen LogP contribution in [-0.4, -0.2) is 5.11 Å². The first-order chi connectivity index (χ1) is 5.97. The van der Waals surface area contributed by atoms with E-state index in [2.05, 4.69) is 0 Å². The minimum atomic E-state index is -0.922. The normalized spacial score (nSPS) is 15.5. The van der Waals surface area contributed by atoms with Crippen LogP contribution in [0.5, 0.6) is 0 Å².